The average molecular weight is 497 g/mol. The third kappa shape index (κ3) is 5.38. The van der Waals surface area contributed by atoms with E-state index < -0.39 is 23.6 Å². The summed E-state index contributed by atoms with van der Waals surface area (Å²) in [6.07, 6.45) is 5.22. The Labute approximate surface area is 206 Å². The number of carbonyl (C=O) groups excluding carboxylic acids is 1. The Kier molecular flexibility index (Phi) is 7.34. The molecule has 0 aliphatic carbocycles. The van der Waals surface area contributed by atoms with Gasteiger partial charge < -0.3 is 20.3 Å². The van der Waals surface area contributed by atoms with Crippen molar-refractivity contribution in [2.75, 3.05) is 24.4 Å². The molecule has 0 radical (unpaired) electrons. The number of aryl methyl sites for hydroxylation is 2. The lowest BCUT2D eigenvalue weighted by Crippen LogP contribution is -2.50. The molecule has 0 unspecified atom stereocenters. The van der Waals surface area contributed by atoms with Gasteiger partial charge >= 0.3 is 0 Å². The fourth-order valence-corrected chi connectivity index (χ4v) is 3.84. The first kappa shape index (κ1) is 24.9. The SMILES string of the molecule is COC[C@H]1C/C(=C/Nc2nc(Nc3ccnn3C)ncc2C)C(=N)C(=O)N1Cc1ccc(F)c(F)c1. The highest BCUT2D eigenvalue weighted by atomic mass is 19.2. The highest BCUT2D eigenvalue weighted by molar-refractivity contribution is 6.44. The van der Waals surface area contributed by atoms with Gasteiger partial charge in [-0.2, -0.15) is 10.1 Å². The number of methoxy groups -OCH3 is 1. The highest BCUT2D eigenvalue weighted by Crippen LogP contribution is 2.25. The van der Waals surface area contributed by atoms with Crippen LogP contribution in [0.2, 0.25) is 0 Å². The molecule has 36 heavy (non-hydrogen) atoms. The number of nitrogens with one attached hydrogen (secondary N) is 3. The summed E-state index contributed by atoms with van der Waals surface area (Å²) in [6.45, 7) is 2.08. The normalized spacial score (nSPS) is 17.1. The van der Waals surface area contributed by atoms with Crippen LogP contribution in [0.1, 0.15) is 17.5 Å². The van der Waals surface area contributed by atoms with E-state index in [4.69, 9.17) is 10.1 Å². The van der Waals surface area contributed by atoms with Crippen LogP contribution in [0.25, 0.3) is 0 Å². The minimum atomic E-state index is -0.988. The molecule has 188 valence electrons. The number of piperidine rings is 1. The lowest BCUT2D eigenvalue weighted by molar-refractivity contribution is -0.129. The van der Waals surface area contributed by atoms with Gasteiger partial charge in [-0.15, -0.1) is 0 Å². The first-order chi connectivity index (χ1) is 17.3. The van der Waals surface area contributed by atoms with Crippen LogP contribution in [-0.2, 0) is 23.1 Å². The smallest absolute Gasteiger partial charge is 0.272 e. The second-order valence-corrected chi connectivity index (χ2v) is 8.37. The molecule has 1 atom stereocenters. The van der Waals surface area contributed by atoms with Gasteiger partial charge in [-0.1, -0.05) is 6.07 Å². The number of aromatic nitrogens is 4. The molecule has 0 spiro atoms. The predicted molar refractivity (Wildman–Crippen MR) is 130 cm³/mol. The van der Waals surface area contributed by atoms with Crippen molar-refractivity contribution in [3.63, 3.8) is 0 Å². The molecule has 4 rings (SSSR count). The number of ether oxygens (including phenoxy) is 1. The van der Waals surface area contributed by atoms with Gasteiger partial charge in [-0.05, 0) is 31.0 Å². The second-order valence-electron chi connectivity index (χ2n) is 8.37. The summed E-state index contributed by atoms with van der Waals surface area (Å²) in [5.74, 6) is -0.896. The highest BCUT2D eigenvalue weighted by Gasteiger charge is 2.35. The van der Waals surface area contributed by atoms with Gasteiger partial charge in [0.1, 0.15) is 17.3 Å². The average Bonchev–Trinajstić information content (AvgIpc) is 3.26. The van der Waals surface area contributed by atoms with Crippen molar-refractivity contribution in [1.82, 2.24) is 24.6 Å². The molecule has 2 aromatic heterocycles. The predicted octanol–water partition coefficient (Wildman–Crippen LogP) is 3.30. The second kappa shape index (κ2) is 10.6. The zero-order valence-corrected chi connectivity index (χ0v) is 20.0. The van der Waals surface area contributed by atoms with E-state index in [0.717, 1.165) is 17.7 Å². The third-order valence-corrected chi connectivity index (χ3v) is 5.80. The van der Waals surface area contributed by atoms with Crippen molar-refractivity contribution >= 4 is 29.2 Å². The number of nitrogens with zero attached hydrogens (tertiary/aromatic N) is 5. The summed E-state index contributed by atoms with van der Waals surface area (Å²) in [5.41, 5.74) is 1.47. The Balaban J connectivity index is 1.52. The van der Waals surface area contributed by atoms with Crippen LogP contribution < -0.4 is 10.6 Å². The van der Waals surface area contributed by atoms with E-state index in [1.165, 1.54) is 18.1 Å². The lowest BCUT2D eigenvalue weighted by Gasteiger charge is -2.36. The minimum Gasteiger partial charge on any atom is -0.383 e. The first-order valence-electron chi connectivity index (χ1n) is 11.1. The summed E-state index contributed by atoms with van der Waals surface area (Å²) in [5, 5.41) is 18.7. The van der Waals surface area contributed by atoms with E-state index in [2.05, 4.69) is 25.7 Å². The van der Waals surface area contributed by atoms with Gasteiger partial charge in [-0.3, -0.25) is 14.9 Å². The number of halogens is 2. The van der Waals surface area contributed by atoms with Crippen LogP contribution in [0.3, 0.4) is 0 Å². The molecule has 1 aliphatic rings. The maximum atomic E-state index is 13.7. The van der Waals surface area contributed by atoms with Crippen LogP contribution in [0, 0.1) is 24.0 Å². The molecule has 1 fully saturated rings. The van der Waals surface area contributed by atoms with Crippen LogP contribution in [0.5, 0.6) is 0 Å². The number of hydrogen-bond donors (Lipinski definition) is 3. The molecule has 1 saturated heterocycles. The monoisotopic (exact) mass is 496 g/mol. The standard InChI is InChI=1S/C24H26F2N8O2/c1-14-10-29-24(31-20-6-7-30-33(20)2)32-22(14)28-11-16-9-17(13-36-3)34(23(35)21(16)27)12-15-4-5-18(25)19(26)8-15/h4-8,10-11,17,27H,9,12-13H2,1-3H3,(H2,28,29,31,32)/b16-11-,27-21?/t17-/m1/s1. The van der Waals surface area contributed by atoms with Crippen molar-refractivity contribution < 1.29 is 18.3 Å². The van der Waals surface area contributed by atoms with Crippen LogP contribution in [0.15, 0.2) is 48.4 Å². The summed E-state index contributed by atoms with van der Waals surface area (Å²) in [7, 11) is 3.31. The zero-order valence-electron chi connectivity index (χ0n) is 20.0. The van der Waals surface area contributed by atoms with E-state index in [0.29, 0.717) is 35.1 Å². The number of amides is 1. The van der Waals surface area contributed by atoms with Gasteiger partial charge in [-0.25, -0.2) is 13.8 Å². The molecule has 1 amide bonds. The van der Waals surface area contributed by atoms with E-state index in [1.54, 1.807) is 36.4 Å². The van der Waals surface area contributed by atoms with Crippen LogP contribution in [0.4, 0.5) is 26.4 Å². The Morgan fingerprint density at radius 2 is 2.08 bits per heavy atom. The van der Waals surface area contributed by atoms with Crippen molar-refractivity contribution in [1.29, 1.82) is 5.41 Å². The van der Waals surface area contributed by atoms with Crippen molar-refractivity contribution in [2.24, 2.45) is 7.05 Å². The topological polar surface area (TPSA) is 121 Å². The molecule has 1 aromatic carbocycles. The van der Waals surface area contributed by atoms with E-state index in [-0.39, 0.29) is 18.9 Å². The lowest BCUT2D eigenvalue weighted by atomic mass is 9.94. The van der Waals surface area contributed by atoms with E-state index in [9.17, 15) is 13.6 Å². The molecular weight excluding hydrogens is 470 g/mol. The van der Waals surface area contributed by atoms with Gasteiger partial charge in [0.05, 0.1) is 18.8 Å². The molecule has 0 bridgehead atoms. The number of carbonyl (C=O) groups is 1. The first-order valence-corrected chi connectivity index (χ1v) is 11.1. The molecule has 10 nitrogen and oxygen atoms in total. The third-order valence-electron chi connectivity index (χ3n) is 5.80. The largest absolute Gasteiger partial charge is 0.383 e. The molecule has 3 N–H and O–H groups in total. The maximum absolute atomic E-state index is 13.7. The molecule has 3 aromatic rings. The molecular formula is C24H26F2N8O2. The Morgan fingerprint density at radius 1 is 1.28 bits per heavy atom. The van der Waals surface area contributed by atoms with E-state index in [1.807, 2.05) is 6.92 Å². The summed E-state index contributed by atoms with van der Waals surface area (Å²) in [4.78, 5) is 23.3. The molecule has 1 aliphatic heterocycles. The Hall–Kier alpha value is -4.19. The van der Waals surface area contributed by atoms with Crippen molar-refractivity contribution in [2.45, 2.75) is 25.9 Å². The molecule has 0 saturated carbocycles. The van der Waals surface area contributed by atoms with E-state index >= 15 is 0 Å². The number of hydrogen-bond acceptors (Lipinski definition) is 8. The number of anilines is 3. The molecule has 3 heterocycles. The van der Waals surface area contributed by atoms with Gasteiger partial charge in [0.25, 0.3) is 5.91 Å². The number of likely N-dealkylation sites (tertiary alicyclic amines) is 1. The number of rotatable bonds is 8. The van der Waals surface area contributed by atoms with Gasteiger partial charge in [0.15, 0.2) is 11.6 Å². The fourth-order valence-electron chi connectivity index (χ4n) is 3.84. The van der Waals surface area contributed by atoms with Crippen molar-refractivity contribution in [3.05, 3.63) is 71.2 Å². The Bertz CT molecular complexity index is 1320. The fraction of sp³-hybridized carbons (Fsp3) is 0.292. The van der Waals surface area contributed by atoms with Gasteiger partial charge in [0.2, 0.25) is 5.95 Å². The zero-order chi connectivity index (χ0) is 25.8. The summed E-state index contributed by atoms with van der Waals surface area (Å²) >= 11 is 0. The summed E-state index contributed by atoms with van der Waals surface area (Å²) in [6, 6.07) is 4.88. The van der Waals surface area contributed by atoms with Gasteiger partial charge in [0, 0.05) is 50.3 Å². The quantitative estimate of drug-likeness (QED) is 0.438. The van der Waals surface area contributed by atoms with Crippen LogP contribution in [-0.4, -0.2) is 56.0 Å². The molecule has 12 heteroatoms. The minimum absolute atomic E-state index is 0.0290. The Morgan fingerprint density at radius 3 is 2.78 bits per heavy atom. The number of benzene rings is 1. The summed E-state index contributed by atoms with van der Waals surface area (Å²) < 4.78 is 33.9. The maximum Gasteiger partial charge on any atom is 0.272 e. The van der Waals surface area contributed by atoms with Crippen molar-refractivity contribution in [3.8, 4) is 0 Å². The van der Waals surface area contributed by atoms with Crippen LogP contribution >= 0.6 is 0 Å².